The Morgan fingerprint density at radius 2 is 1.25 bits per heavy atom. The fourth-order valence-electron chi connectivity index (χ4n) is 0. The van der Waals surface area contributed by atoms with Gasteiger partial charge in [0.15, 0.2) is 0 Å². The van der Waals surface area contributed by atoms with Crippen LogP contribution in [0.4, 0.5) is 0 Å². The molecular formula is HKNbTaZr. The second kappa shape index (κ2) is 15.8. The summed E-state index contributed by atoms with van der Waals surface area (Å²) in [7, 11) is 0. The summed E-state index contributed by atoms with van der Waals surface area (Å²) in [5.74, 6) is 0. The van der Waals surface area contributed by atoms with Crippen LogP contribution in [0.1, 0.15) is 1.43 Å². The third-order valence-corrected chi connectivity index (χ3v) is 0. The van der Waals surface area contributed by atoms with Crippen LogP contribution in [0, 0.1) is 0 Å². The molecule has 0 unspecified atom stereocenters. The van der Waals surface area contributed by atoms with E-state index >= 15 is 0 Å². The number of rotatable bonds is 0. The van der Waals surface area contributed by atoms with Crippen LogP contribution < -0.4 is 51.4 Å². The third-order valence-electron chi connectivity index (χ3n) is 0. The van der Waals surface area contributed by atoms with Crippen molar-refractivity contribution in [3.8, 4) is 0 Å². The molecule has 0 saturated heterocycles. The second-order valence-electron chi connectivity index (χ2n) is 0. The first kappa shape index (κ1) is 24.5. The molecule has 4 heavy (non-hydrogen) atoms. The van der Waals surface area contributed by atoms with Crippen molar-refractivity contribution < 1.29 is 124 Å². The van der Waals surface area contributed by atoms with E-state index in [1.807, 2.05) is 0 Å². The van der Waals surface area contributed by atoms with Gasteiger partial charge >= 0.3 is 51.4 Å². The van der Waals surface area contributed by atoms with Crippen LogP contribution in [0.5, 0.6) is 0 Å². The zero-order valence-electron chi connectivity index (χ0n) is 3.39. The van der Waals surface area contributed by atoms with Gasteiger partial charge in [-0.2, -0.15) is 0 Å². The molecule has 0 aliphatic heterocycles. The van der Waals surface area contributed by atoms with E-state index in [0.717, 1.165) is 0 Å². The monoisotopic (exact) mass is 404 g/mol. The predicted octanol–water partition coefficient (Wildman–Crippen LogP) is -2.89. The van der Waals surface area contributed by atoms with Crippen LogP contribution in [0.25, 0.3) is 0 Å². The number of hydrogen-bond acceptors (Lipinski definition) is 0. The Kier molecular flexibility index (Phi) is 96.5. The summed E-state index contributed by atoms with van der Waals surface area (Å²) in [4.78, 5) is 0. The molecule has 4 heteroatoms. The molecule has 0 saturated carbocycles. The summed E-state index contributed by atoms with van der Waals surface area (Å²) in [6.45, 7) is 0. The Bertz CT molecular complexity index is 11.6. The molecule has 0 atom stereocenters. The molecule has 0 fully saturated rings. The smallest absolute Gasteiger partial charge is 1.00 e. The Balaban J connectivity index is 0. The van der Waals surface area contributed by atoms with Crippen molar-refractivity contribution in [3.05, 3.63) is 0 Å². The molecule has 0 bridgehead atoms. The minimum atomic E-state index is 0. The zero-order valence-corrected chi connectivity index (χ0v) is 13.4. The standard InChI is InChI=1S/K.Nb.Ta.Zr.H/q+1;;;;-1. The molecular weight excluding hydrogens is 404 g/mol. The van der Waals surface area contributed by atoms with Gasteiger partial charge in [0.1, 0.15) is 0 Å². The van der Waals surface area contributed by atoms with Crippen LogP contribution >= 0.6 is 0 Å². The normalized spacial score (nSPS) is 0. The maximum Gasteiger partial charge on any atom is 1.00 e. The summed E-state index contributed by atoms with van der Waals surface area (Å²) in [6, 6.07) is 0. The van der Waals surface area contributed by atoms with E-state index in [0.29, 0.717) is 0 Å². The average Bonchev–Trinajstić information content (AvgIpc) is 0. The molecule has 0 nitrogen and oxygen atoms in total. The predicted molar refractivity (Wildman–Crippen MR) is 1.11 cm³/mol. The Labute approximate surface area is 120 Å². The van der Waals surface area contributed by atoms with Crippen LogP contribution in [0.2, 0.25) is 0 Å². The molecule has 0 rings (SSSR count). The SMILES string of the molecule is [H-].[K+].[Nb].[Ta].[Zr]. The molecule has 0 aromatic heterocycles. The first-order chi connectivity index (χ1) is 0. The molecule has 2 radical (unpaired) electrons. The van der Waals surface area contributed by atoms with Gasteiger partial charge in [-0.1, -0.05) is 0 Å². The zero-order chi connectivity index (χ0) is 0. The average molecular weight is 405 g/mol. The van der Waals surface area contributed by atoms with E-state index in [1.54, 1.807) is 0 Å². The van der Waals surface area contributed by atoms with E-state index in [2.05, 4.69) is 0 Å². The first-order valence-corrected chi connectivity index (χ1v) is 0. The maximum absolute atomic E-state index is 0. The van der Waals surface area contributed by atoms with Gasteiger partial charge in [0.05, 0.1) is 0 Å². The topological polar surface area (TPSA) is 0 Å². The third kappa shape index (κ3) is 9.38. The van der Waals surface area contributed by atoms with Gasteiger partial charge < -0.3 is 1.43 Å². The first-order valence-electron chi connectivity index (χ1n) is 0. The van der Waals surface area contributed by atoms with Crippen LogP contribution in [0.15, 0.2) is 0 Å². The van der Waals surface area contributed by atoms with Crippen LogP contribution in [-0.2, 0) is 71.0 Å². The van der Waals surface area contributed by atoms with E-state index in [4.69, 9.17) is 0 Å². The molecule has 0 spiro atoms. The van der Waals surface area contributed by atoms with Crippen molar-refractivity contribution >= 4 is 0 Å². The Morgan fingerprint density at radius 3 is 1.25 bits per heavy atom. The van der Waals surface area contributed by atoms with Gasteiger partial charge in [0.25, 0.3) is 0 Å². The summed E-state index contributed by atoms with van der Waals surface area (Å²) in [6.07, 6.45) is 0. The molecule has 0 N–H and O–H groups in total. The summed E-state index contributed by atoms with van der Waals surface area (Å²) < 4.78 is 0. The summed E-state index contributed by atoms with van der Waals surface area (Å²) >= 11 is 0. The van der Waals surface area contributed by atoms with Crippen molar-refractivity contribution in [2.75, 3.05) is 0 Å². The molecule has 0 aromatic rings. The minimum Gasteiger partial charge on any atom is -1.00 e. The fourth-order valence-corrected chi connectivity index (χ4v) is 0. The van der Waals surface area contributed by atoms with Gasteiger partial charge in [-0.25, -0.2) is 0 Å². The van der Waals surface area contributed by atoms with E-state index < -0.39 is 0 Å². The molecule has 0 aromatic carbocycles. The Morgan fingerprint density at radius 1 is 1.25 bits per heavy atom. The van der Waals surface area contributed by atoms with E-state index in [1.165, 1.54) is 0 Å². The van der Waals surface area contributed by atoms with Gasteiger partial charge in [-0.05, 0) is 0 Å². The van der Waals surface area contributed by atoms with Crippen molar-refractivity contribution in [2.24, 2.45) is 0 Å². The van der Waals surface area contributed by atoms with Crippen molar-refractivity contribution in [3.63, 3.8) is 0 Å². The number of hydrogen-bond donors (Lipinski definition) is 0. The van der Waals surface area contributed by atoms with Crippen LogP contribution in [-0.4, -0.2) is 0 Å². The quantitative estimate of drug-likeness (QED) is 0.380. The fraction of sp³-hybridized carbons (Fsp3) is 0. The van der Waals surface area contributed by atoms with Crippen molar-refractivity contribution in [2.45, 2.75) is 0 Å². The summed E-state index contributed by atoms with van der Waals surface area (Å²) in [5.41, 5.74) is 0. The van der Waals surface area contributed by atoms with E-state index in [-0.39, 0.29) is 124 Å². The minimum absolute atomic E-state index is 0. The molecule has 16 valence electrons. The van der Waals surface area contributed by atoms with Gasteiger partial charge in [-0.15, -0.1) is 0 Å². The van der Waals surface area contributed by atoms with Crippen molar-refractivity contribution in [1.29, 1.82) is 0 Å². The van der Waals surface area contributed by atoms with E-state index in [9.17, 15) is 0 Å². The largest absolute Gasteiger partial charge is 1.00 e. The van der Waals surface area contributed by atoms with Crippen molar-refractivity contribution in [1.82, 2.24) is 0 Å². The van der Waals surface area contributed by atoms with Crippen LogP contribution in [0.3, 0.4) is 0 Å². The molecule has 0 aliphatic carbocycles. The second-order valence-corrected chi connectivity index (χ2v) is 0. The van der Waals surface area contributed by atoms with Gasteiger partial charge in [0.2, 0.25) is 0 Å². The van der Waals surface area contributed by atoms with Gasteiger partial charge in [-0.3, -0.25) is 0 Å². The van der Waals surface area contributed by atoms with Gasteiger partial charge in [0, 0.05) is 71.0 Å². The molecule has 0 heterocycles. The molecule has 0 amide bonds. The maximum atomic E-state index is 0. The summed E-state index contributed by atoms with van der Waals surface area (Å²) in [5, 5.41) is 0. The molecule has 0 aliphatic rings. The Hall–Kier alpha value is 4.00.